The summed E-state index contributed by atoms with van der Waals surface area (Å²) in [6.07, 6.45) is 0. The van der Waals surface area contributed by atoms with E-state index in [2.05, 4.69) is 5.32 Å². The van der Waals surface area contributed by atoms with Crippen molar-refractivity contribution in [2.45, 2.75) is 0 Å². The standard InChI is InChI=1S/C23H24N2O8/c1-29-18-9-8-15(11-19(18)30-2)24-21(26)14-6-5-7-16(10-14)25-13-33-12-17(22(27)31-3)20(25)23(28)32-4/h5-11H,12-13H2,1-4H3,(H,24,26). The molecule has 3 rings (SSSR count). The molecule has 2 aromatic carbocycles. The van der Waals surface area contributed by atoms with Crippen LogP contribution < -0.4 is 19.7 Å². The topological polar surface area (TPSA) is 113 Å². The molecule has 10 heteroatoms. The Morgan fingerprint density at radius 2 is 1.64 bits per heavy atom. The minimum absolute atomic E-state index is 0.00644. The number of anilines is 2. The van der Waals surface area contributed by atoms with E-state index in [0.29, 0.717) is 28.4 Å². The van der Waals surface area contributed by atoms with Crippen molar-refractivity contribution in [3.8, 4) is 11.5 Å². The van der Waals surface area contributed by atoms with Crippen molar-refractivity contribution < 1.29 is 38.1 Å². The van der Waals surface area contributed by atoms with Crippen LogP contribution in [0.25, 0.3) is 0 Å². The Morgan fingerprint density at radius 3 is 2.30 bits per heavy atom. The lowest BCUT2D eigenvalue weighted by Gasteiger charge is -2.31. The van der Waals surface area contributed by atoms with E-state index in [1.165, 1.54) is 33.3 Å². The van der Waals surface area contributed by atoms with Gasteiger partial charge in [0.2, 0.25) is 0 Å². The van der Waals surface area contributed by atoms with Gasteiger partial charge in [0.1, 0.15) is 12.4 Å². The van der Waals surface area contributed by atoms with E-state index in [0.717, 1.165) is 0 Å². The van der Waals surface area contributed by atoms with E-state index >= 15 is 0 Å². The maximum atomic E-state index is 12.9. The Balaban J connectivity index is 1.91. The molecule has 0 saturated heterocycles. The highest BCUT2D eigenvalue weighted by atomic mass is 16.5. The van der Waals surface area contributed by atoms with Gasteiger partial charge >= 0.3 is 11.9 Å². The van der Waals surface area contributed by atoms with E-state index in [-0.39, 0.29) is 24.6 Å². The van der Waals surface area contributed by atoms with E-state index in [9.17, 15) is 14.4 Å². The normalized spacial score (nSPS) is 13.3. The fourth-order valence-electron chi connectivity index (χ4n) is 3.28. The highest BCUT2D eigenvalue weighted by Crippen LogP contribution is 2.31. The molecule has 0 unspecified atom stereocenters. The second kappa shape index (κ2) is 10.5. The van der Waals surface area contributed by atoms with E-state index in [4.69, 9.17) is 23.7 Å². The lowest BCUT2D eigenvalue weighted by molar-refractivity contribution is -0.140. The molecule has 10 nitrogen and oxygen atoms in total. The minimum Gasteiger partial charge on any atom is -0.493 e. The van der Waals surface area contributed by atoms with Crippen LogP contribution in [-0.2, 0) is 23.8 Å². The molecule has 33 heavy (non-hydrogen) atoms. The van der Waals surface area contributed by atoms with Crippen LogP contribution in [-0.4, -0.2) is 59.6 Å². The number of carbonyl (C=O) groups excluding carboxylic acids is 3. The zero-order valence-corrected chi connectivity index (χ0v) is 18.7. The molecule has 1 heterocycles. The molecule has 1 aliphatic heterocycles. The maximum Gasteiger partial charge on any atom is 0.355 e. The molecule has 0 bridgehead atoms. The van der Waals surface area contributed by atoms with Crippen LogP contribution in [0.15, 0.2) is 53.7 Å². The first-order chi connectivity index (χ1) is 15.9. The Kier molecular flexibility index (Phi) is 7.52. The van der Waals surface area contributed by atoms with Gasteiger partial charge in [-0.2, -0.15) is 0 Å². The predicted molar refractivity (Wildman–Crippen MR) is 118 cm³/mol. The van der Waals surface area contributed by atoms with Gasteiger partial charge in [0.15, 0.2) is 11.5 Å². The summed E-state index contributed by atoms with van der Waals surface area (Å²) in [5.41, 5.74) is 1.30. The maximum absolute atomic E-state index is 12.9. The van der Waals surface area contributed by atoms with Crippen LogP contribution in [0.4, 0.5) is 11.4 Å². The van der Waals surface area contributed by atoms with Crippen LogP contribution >= 0.6 is 0 Å². The van der Waals surface area contributed by atoms with Gasteiger partial charge in [0, 0.05) is 23.0 Å². The van der Waals surface area contributed by atoms with Gasteiger partial charge in [-0.25, -0.2) is 9.59 Å². The summed E-state index contributed by atoms with van der Waals surface area (Å²) >= 11 is 0. The molecule has 0 fully saturated rings. The summed E-state index contributed by atoms with van der Waals surface area (Å²) in [4.78, 5) is 39.0. The zero-order chi connectivity index (χ0) is 24.0. The third-order valence-electron chi connectivity index (χ3n) is 4.89. The number of esters is 2. The first-order valence-corrected chi connectivity index (χ1v) is 9.82. The molecule has 1 N–H and O–H groups in total. The van der Waals surface area contributed by atoms with E-state index in [1.54, 1.807) is 42.5 Å². The fraction of sp³-hybridized carbons (Fsp3) is 0.261. The van der Waals surface area contributed by atoms with Gasteiger partial charge in [0.25, 0.3) is 5.91 Å². The molecule has 1 amide bonds. The fourth-order valence-corrected chi connectivity index (χ4v) is 3.28. The summed E-state index contributed by atoms with van der Waals surface area (Å²) in [5, 5.41) is 2.79. The van der Waals surface area contributed by atoms with Gasteiger partial charge < -0.3 is 33.9 Å². The van der Waals surface area contributed by atoms with E-state index < -0.39 is 17.8 Å². The highest BCUT2D eigenvalue weighted by Gasteiger charge is 2.32. The van der Waals surface area contributed by atoms with Crippen LogP contribution in [0.5, 0.6) is 11.5 Å². The van der Waals surface area contributed by atoms with Crippen molar-refractivity contribution in [2.75, 3.05) is 52.0 Å². The monoisotopic (exact) mass is 456 g/mol. The first-order valence-electron chi connectivity index (χ1n) is 9.82. The summed E-state index contributed by atoms with van der Waals surface area (Å²) in [5.74, 6) is -0.816. The Labute approximate surface area is 190 Å². The summed E-state index contributed by atoms with van der Waals surface area (Å²) in [6, 6.07) is 11.5. The lowest BCUT2D eigenvalue weighted by atomic mass is 10.1. The minimum atomic E-state index is -0.723. The molecule has 1 aliphatic rings. The van der Waals surface area contributed by atoms with Crippen LogP contribution in [0.1, 0.15) is 10.4 Å². The van der Waals surface area contributed by atoms with Crippen molar-refractivity contribution >= 4 is 29.2 Å². The second-order valence-electron chi connectivity index (χ2n) is 6.79. The number of ether oxygens (including phenoxy) is 5. The molecule has 0 spiro atoms. The molecule has 2 aromatic rings. The molecule has 0 atom stereocenters. The number of methoxy groups -OCH3 is 4. The molecule has 0 aliphatic carbocycles. The zero-order valence-electron chi connectivity index (χ0n) is 18.7. The smallest absolute Gasteiger partial charge is 0.355 e. The number of hydrogen-bond donors (Lipinski definition) is 1. The summed E-state index contributed by atoms with van der Waals surface area (Å²) in [6.45, 7) is -0.126. The summed E-state index contributed by atoms with van der Waals surface area (Å²) < 4.78 is 25.6. The molecule has 0 radical (unpaired) electrons. The number of amides is 1. The van der Waals surface area contributed by atoms with Crippen molar-refractivity contribution in [1.82, 2.24) is 0 Å². The van der Waals surface area contributed by atoms with Crippen LogP contribution in [0.3, 0.4) is 0 Å². The van der Waals surface area contributed by atoms with Crippen molar-refractivity contribution in [1.29, 1.82) is 0 Å². The van der Waals surface area contributed by atoms with Gasteiger partial charge in [0.05, 0.1) is 40.6 Å². The van der Waals surface area contributed by atoms with Crippen molar-refractivity contribution in [3.05, 3.63) is 59.3 Å². The number of carbonyl (C=O) groups is 3. The molecular weight excluding hydrogens is 432 g/mol. The predicted octanol–water partition coefficient (Wildman–Crippen LogP) is 2.35. The molecule has 174 valence electrons. The average molecular weight is 456 g/mol. The molecule has 0 saturated carbocycles. The molecular formula is C23H24N2O8. The number of nitrogens with zero attached hydrogens (tertiary/aromatic N) is 1. The average Bonchev–Trinajstić information content (AvgIpc) is 2.87. The summed E-state index contributed by atoms with van der Waals surface area (Å²) in [7, 11) is 5.45. The lowest BCUT2D eigenvalue weighted by Crippen LogP contribution is -2.38. The number of benzene rings is 2. The third-order valence-corrected chi connectivity index (χ3v) is 4.89. The van der Waals surface area contributed by atoms with Crippen molar-refractivity contribution in [3.63, 3.8) is 0 Å². The van der Waals surface area contributed by atoms with Crippen LogP contribution in [0.2, 0.25) is 0 Å². The third kappa shape index (κ3) is 5.07. The Bertz CT molecular complexity index is 1100. The molecule has 0 aromatic heterocycles. The van der Waals surface area contributed by atoms with Gasteiger partial charge in [-0.1, -0.05) is 6.07 Å². The first kappa shape index (κ1) is 23.6. The second-order valence-corrected chi connectivity index (χ2v) is 6.79. The Morgan fingerprint density at radius 1 is 0.909 bits per heavy atom. The SMILES string of the molecule is COC(=O)C1=C(C(=O)OC)N(c2cccc(C(=O)Nc3ccc(OC)c(OC)c3)c2)COC1. The number of rotatable bonds is 7. The van der Waals surface area contributed by atoms with Crippen LogP contribution in [0, 0.1) is 0 Å². The highest BCUT2D eigenvalue weighted by molar-refractivity contribution is 6.06. The number of nitrogens with one attached hydrogen (secondary N) is 1. The van der Waals surface area contributed by atoms with E-state index in [1.807, 2.05) is 0 Å². The van der Waals surface area contributed by atoms with Crippen molar-refractivity contribution in [2.24, 2.45) is 0 Å². The quantitative estimate of drug-likeness (QED) is 0.627. The largest absolute Gasteiger partial charge is 0.493 e. The Hall–Kier alpha value is -4.05. The number of hydrogen-bond acceptors (Lipinski definition) is 9. The van der Waals surface area contributed by atoms with Gasteiger partial charge in [-0.15, -0.1) is 0 Å². The van der Waals surface area contributed by atoms with Gasteiger partial charge in [-0.05, 0) is 30.3 Å². The van der Waals surface area contributed by atoms with Gasteiger partial charge in [-0.3, -0.25) is 4.79 Å².